The maximum atomic E-state index is 6.17. The fourth-order valence-corrected chi connectivity index (χ4v) is 2.73. The molecule has 3 rings (SSSR count). The molecular formula is C15H13BrClNO2. The van der Waals surface area contributed by atoms with Gasteiger partial charge in [0.1, 0.15) is 0 Å². The van der Waals surface area contributed by atoms with Gasteiger partial charge in [0.15, 0.2) is 11.5 Å². The first-order chi connectivity index (χ1) is 9.74. The summed E-state index contributed by atoms with van der Waals surface area (Å²) in [6.45, 7) is 1.70. The van der Waals surface area contributed by atoms with Crippen LogP contribution in [0.3, 0.4) is 0 Å². The molecule has 2 aromatic rings. The molecule has 1 heterocycles. The molecule has 1 aliphatic heterocycles. The molecule has 104 valence electrons. The Morgan fingerprint density at radius 3 is 2.85 bits per heavy atom. The van der Waals surface area contributed by atoms with Crippen molar-refractivity contribution in [3.63, 3.8) is 0 Å². The van der Waals surface area contributed by atoms with E-state index in [9.17, 15) is 0 Å². The molecule has 0 saturated heterocycles. The van der Waals surface area contributed by atoms with Crippen LogP contribution in [0.1, 0.15) is 11.1 Å². The van der Waals surface area contributed by atoms with Crippen molar-refractivity contribution in [2.45, 2.75) is 13.1 Å². The molecule has 0 saturated carbocycles. The van der Waals surface area contributed by atoms with Gasteiger partial charge >= 0.3 is 0 Å². The topological polar surface area (TPSA) is 30.5 Å². The van der Waals surface area contributed by atoms with Crippen LogP contribution in [-0.2, 0) is 13.1 Å². The van der Waals surface area contributed by atoms with Gasteiger partial charge in [-0.2, -0.15) is 0 Å². The van der Waals surface area contributed by atoms with Crippen LogP contribution < -0.4 is 14.8 Å². The van der Waals surface area contributed by atoms with E-state index in [4.69, 9.17) is 21.1 Å². The minimum absolute atomic E-state index is 0.295. The van der Waals surface area contributed by atoms with E-state index in [1.54, 1.807) is 0 Å². The van der Waals surface area contributed by atoms with Crippen molar-refractivity contribution in [3.8, 4) is 11.5 Å². The Morgan fingerprint density at radius 2 is 1.95 bits per heavy atom. The Bertz CT molecular complexity index is 633. The van der Waals surface area contributed by atoms with Gasteiger partial charge in [0.2, 0.25) is 6.79 Å². The molecule has 0 unspecified atom stereocenters. The van der Waals surface area contributed by atoms with E-state index >= 15 is 0 Å². The van der Waals surface area contributed by atoms with E-state index in [1.165, 1.54) is 0 Å². The van der Waals surface area contributed by atoms with Crippen molar-refractivity contribution in [1.29, 1.82) is 0 Å². The van der Waals surface area contributed by atoms with Crippen molar-refractivity contribution >= 4 is 27.5 Å². The van der Waals surface area contributed by atoms with Crippen LogP contribution in [0.4, 0.5) is 0 Å². The number of ether oxygens (including phenoxy) is 2. The molecule has 2 aromatic carbocycles. The smallest absolute Gasteiger partial charge is 0.231 e. The van der Waals surface area contributed by atoms with Gasteiger partial charge in [-0.3, -0.25) is 0 Å². The molecule has 0 amide bonds. The summed E-state index contributed by atoms with van der Waals surface area (Å²) < 4.78 is 11.9. The highest BCUT2D eigenvalue weighted by Crippen LogP contribution is 2.35. The Balaban J connectivity index is 1.66. The SMILES string of the molecule is Clc1ccc(Br)cc1CNCc1cccc2c1OCO2. The number of fused-ring (bicyclic) bond motifs is 1. The minimum atomic E-state index is 0.295. The van der Waals surface area contributed by atoms with Crippen molar-refractivity contribution < 1.29 is 9.47 Å². The number of rotatable bonds is 4. The summed E-state index contributed by atoms with van der Waals surface area (Å²) in [5, 5.41) is 4.14. The van der Waals surface area contributed by atoms with Gasteiger partial charge in [0, 0.05) is 28.1 Å². The van der Waals surface area contributed by atoms with E-state index in [0.717, 1.165) is 32.1 Å². The molecule has 0 spiro atoms. The molecule has 1 aliphatic rings. The third-order valence-corrected chi connectivity index (χ3v) is 3.98. The largest absolute Gasteiger partial charge is 0.454 e. The van der Waals surface area contributed by atoms with E-state index < -0.39 is 0 Å². The third-order valence-electron chi connectivity index (χ3n) is 3.12. The Labute approximate surface area is 131 Å². The maximum absolute atomic E-state index is 6.17. The molecule has 0 aromatic heterocycles. The van der Waals surface area contributed by atoms with Crippen molar-refractivity contribution in [2.24, 2.45) is 0 Å². The quantitative estimate of drug-likeness (QED) is 0.896. The number of nitrogens with one attached hydrogen (secondary N) is 1. The molecule has 0 atom stereocenters. The number of hydrogen-bond donors (Lipinski definition) is 1. The zero-order valence-electron chi connectivity index (χ0n) is 10.7. The van der Waals surface area contributed by atoms with E-state index in [-0.39, 0.29) is 0 Å². The second kappa shape index (κ2) is 6.04. The zero-order chi connectivity index (χ0) is 13.9. The van der Waals surface area contributed by atoms with Crippen LogP contribution in [0.15, 0.2) is 40.9 Å². The van der Waals surface area contributed by atoms with Gasteiger partial charge in [-0.1, -0.05) is 39.7 Å². The highest BCUT2D eigenvalue weighted by atomic mass is 79.9. The Morgan fingerprint density at radius 1 is 1.10 bits per heavy atom. The molecule has 20 heavy (non-hydrogen) atoms. The molecule has 0 aliphatic carbocycles. The zero-order valence-corrected chi connectivity index (χ0v) is 13.0. The summed E-state index contributed by atoms with van der Waals surface area (Å²) in [4.78, 5) is 0. The van der Waals surface area contributed by atoms with Gasteiger partial charge < -0.3 is 14.8 Å². The second-order valence-corrected chi connectivity index (χ2v) is 5.81. The monoisotopic (exact) mass is 353 g/mol. The number of para-hydroxylation sites is 1. The summed E-state index contributed by atoms with van der Waals surface area (Å²) in [5.41, 5.74) is 2.15. The molecule has 1 N–H and O–H groups in total. The van der Waals surface area contributed by atoms with E-state index in [2.05, 4.69) is 21.2 Å². The fraction of sp³-hybridized carbons (Fsp3) is 0.200. The number of halogens is 2. The van der Waals surface area contributed by atoms with Crippen LogP contribution in [0.2, 0.25) is 5.02 Å². The molecule has 0 radical (unpaired) electrons. The normalized spacial score (nSPS) is 12.7. The van der Waals surface area contributed by atoms with Crippen LogP contribution in [-0.4, -0.2) is 6.79 Å². The summed E-state index contributed by atoms with van der Waals surface area (Å²) in [6, 6.07) is 11.8. The Hall–Kier alpha value is -1.23. The van der Waals surface area contributed by atoms with Crippen LogP contribution in [0, 0.1) is 0 Å². The molecule has 0 fully saturated rings. The summed E-state index contributed by atoms with van der Waals surface area (Å²) >= 11 is 9.62. The summed E-state index contributed by atoms with van der Waals surface area (Å²) in [6.07, 6.45) is 0. The lowest BCUT2D eigenvalue weighted by molar-refractivity contribution is 0.173. The third kappa shape index (κ3) is 2.92. The lowest BCUT2D eigenvalue weighted by Crippen LogP contribution is -2.13. The van der Waals surface area contributed by atoms with Crippen molar-refractivity contribution in [3.05, 3.63) is 57.0 Å². The molecule has 5 heteroatoms. The first kappa shape index (κ1) is 13.7. The van der Waals surface area contributed by atoms with Crippen LogP contribution in [0.5, 0.6) is 11.5 Å². The van der Waals surface area contributed by atoms with Crippen LogP contribution >= 0.6 is 27.5 Å². The molecule has 0 bridgehead atoms. The van der Waals surface area contributed by atoms with Gasteiger partial charge in [0.25, 0.3) is 0 Å². The number of benzene rings is 2. The lowest BCUT2D eigenvalue weighted by atomic mass is 10.1. The molecule has 3 nitrogen and oxygen atoms in total. The molecular weight excluding hydrogens is 342 g/mol. The lowest BCUT2D eigenvalue weighted by Gasteiger charge is -2.09. The highest BCUT2D eigenvalue weighted by molar-refractivity contribution is 9.10. The van der Waals surface area contributed by atoms with Gasteiger partial charge in [-0.15, -0.1) is 0 Å². The van der Waals surface area contributed by atoms with E-state index in [1.807, 2.05) is 36.4 Å². The van der Waals surface area contributed by atoms with Gasteiger partial charge in [-0.25, -0.2) is 0 Å². The van der Waals surface area contributed by atoms with Crippen LogP contribution in [0.25, 0.3) is 0 Å². The minimum Gasteiger partial charge on any atom is -0.454 e. The van der Waals surface area contributed by atoms with Crippen molar-refractivity contribution in [2.75, 3.05) is 6.79 Å². The first-order valence-corrected chi connectivity index (χ1v) is 7.43. The Kier molecular flexibility index (Phi) is 4.15. The second-order valence-electron chi connectivity index (χ2n) is 4.49. The van der Waals surface area contributed by atoms with E-state index in [0.29, 0.717) is 19.9 Å². The predicted octanol–water partition coefficient (Wildman–Crippen LogP) is 4.12. The average Bonchev–Trinajstić information content (AvgIpc) is 2.92. The standard InChI is InChI=1S/C15H13BrClNO2/c16-12-4-5-13(17)11(6-12)8-18-7-10-2-1-3-14-15(10)20-9-19-14/h1-6,18H,7-9H2. The summed E-state index contributed by atoms with van der Waals surface area (Å²) in [5.74, 6) is 1.64. The van der Waals surface area contributed by atoms with Gasteiger partial charge in [0.05, 0.1) is 0 Å². The van der Waals surface area contributed by atoms with Gasteiger partial charge in [-0.05, 0) is 29.8 Å². The fourth-order valence-electron chi connectivity index (χ4n) is 2.14. The first-order valence-electron chi connectivity index (χ1n) is 6.26. The van der Waals surface area contributed by atoms with Crippen molar-refractivity contribution in [1.82, 2.24) is 5.32 Å². The predicted molar refractivity (Wildman–Crippen MR) is 82.3 cm³/mol. The maximum Gasteiger partial charge on any atom is 0.231 e. The number of hydrogen-bond acceptors (Lipinski definition) is 3. The highest BCUT2D eigenvalue weighted by Gasteiger charge is 2.16. The average molecular weight is 355 g/mol. The summed E-state index contributed by atoms with van der Waals surface area (Å²) in [7, 11) is 0.